The zero-order valence-electron chi connectivity index (χ0n) is 12.3. The number of hydrogen-bond donors (Lipinski definition) is 1. The predicted octanol–water partition coefficient (Wildman–Crippen LogP) is 3.00. The minimum Gasteiger partial charge on any atom is -0.470 e. The molecule has 0 amide bonds. The quantitative estimate of drug-likeness (QED) is 0.824. The van der Waals surface area contributed by atoms with Crippen molar-refractivity contribution in [3.63, 3.8) is 0 Å². The van der Waals surface area contributed by atoms with Gasteiger partial charge in [0.1, 0.15) is 6.10 Å². The number of aromatic nitrogens is 2. The molecule has 0 spiro atoms. The lowest BCUT2D eigenvalue weighted by atomic mass is 10.1. The van der Waals surface area contributed by atoms with Gasteiger partial charge in [0.2, 0.25) is 0 Å². The lowest BCUT2D eigenvalue weighted by Gasteiger charge is -2.15. The molecule has 116 valence electrons. The van der Waals surface area contributed by atoms with E-state index in [1.165, 1.54) is 30.1 Å². The number of nitrogens with one attached hydrogen (secondary N) is 1. The van der Waals surface area contributed by atoms with E-state index in [9.17, 15) is 0 Å². The molecule has 2 bridgehead atoms. The number of aryl methyl sites for hydroxylation is 1. The van der Waals surface area contributed by atoms with Crippen LogP contribution in [0.1, 0.15) is 18.4 Å². The Balaban J connectivity index is 1.34. The van der Waals surface area contributed by atoms with Crippen LogP contribution in [0, 0.1) is 5.92 Å². The van der Waals surface area contributed by atoms with Crippen molar-refractivity contribution in [1.29, 1.82) is 0 Å². The summed E-state index contributed by atoms with van der Waals surface area (Å²) in [5.41, 5.74) is 1.36. The summed E-state index contributed by atoms with van der Waals surface area (Å²) in [5, 5.41) is 4.48. The number of rotatable bonds is 6. The molecule has 3 atom stereocenters. The Morgan fingerprint density at radius 2 is 2.14 bits per heavy atom. The Labute approximate surface area is 139 Å². The van der Waals surface area contributed by atoms with E-state index in [1.807, 2.05) is 0 Å². The summed E-state index contributed by atoms with van der Waals surface area (Å²) in [6.07, 6.45) is 3.83. The van der Waals surface area contributed by atoms with Gasteiger partial charge in [-0.05, 0) is 24.8 Å². The molecule has 1 aliphatic carbocycles. The van der Waals surface area contributed by atoms with Crippen molar-refractivity contribution in [3.05, 3.63) is 35.9 Å². The summed E-state index contributed by atoms with van der Waals surface area (Å²) in [6, 6.07) is 11.1. The molecule has 2 heterocycles. The highest BCUT2D eigenvalue weighted by Crippen LogP contribution is 2.36. The first-order valence-corrected chi connectivity index (χ1v) is 9.51. The fourth-order valence-corrected chi connectivity index (χ4v) is 4.85. The van der Waals surface area contributed by atoms with Gasteiger partial charge in [-0.15, -0.1) is 4.37 Å². The topological polar surface area (TPSA) is 47.0 Å². The second-order valence-electron chi connectivity index (χ2n) is 5.89. The van der Waals surface area contributed by atoms with Crippen LogP contribution in [0.15, 0.2) is 35.4 Å². The van der Waals surface area contributed by atoms with Crippen LogP contribution in [-0.2, 0) is 6.42 Å². The molecule has 1 aliphatic heterocycles. The number of ether oxygens (including phenoxy) is 1. The van der Waals surface area contributed by atoms with Gasteiger partial charge in [-0.25, -0.2) is 0 Å². The molecule has 2 unspecified atom stereocenters. The monoisotopic (exact) mass is 333 g/mol. The number of hydrogen-bond acceptors (Lipinski definition) is 6. The molecule has 2 aliphatic rings. The summed E-state index contributed by atoms with van der Waals surface area (Å²) in [5.74, 6) is 2.39. The van der Waals surface area contributed by atoms with E-state index in [0.29, 0.717) is 12.0 Å². The van der Waals surface area contributed by atoms with Crippen molar-refractivity contribution in [2.24, 2.45) is 5.92 Å². The molecule has 1 saturated heterocycles. The molecule has 1 N–H and O–H groups in total. The molecule has 0 radical (unpaired) electrons. The van der Waals surface area contributed by atoms with Crippen LogP contribution in [0.2, 0.25) is 0 Å². The molecular formula is C16H19N3OS2. The summed E-state index contributed by atoms with van der Waals surface area (Å²) in [7, 11) is 0. The third-order valence-corrected chi connectivity index (χ3v) is 6.08. The standard InChI is InChI=1S/C16H19N3OS2/c1-2-4-11(5-3-1)8-9-21-16-15(18-22-19-16)20-14-12-6-7-13(14)17-10-12/h1-5,12-14,17H,6-10H2/t12?,13-,14?/m1/s1. The normalized spacial score (nSPS) is 26.5. The maximum atomic E-state index is 6.19. The Morgan fingerprint density at radius 1 is 1.23 bits per heavy atom. The molecule has 6 heteroatoms. The van der Waals surface area contributed by atoms with Crippen molar-refractivity contribution in [3.8, 4) is 5.88 Å². The van der Waals surface area contributed by atoms with Crippen LogP contribution in [0.4, 0.5) is 0 Å². The van der Waals surface area contributed by atoms with E-state index in [1.54, 1.807) is 11.8 Å². The maximum Gasteiger partial charge on any atom is 0.260 e. The van der Waals surface area contributed by atoms with E-state index in [0.717, 1.165) is 29.6 Å². The zero-order valence-corrected chi connectivity index (χ0v) is 13.9. The lowest BCUT2D eigenvalue weighted by Crippen LogP contribution is -2.31. The minimum absolute atomic E-state index is 0.289. The van der Waals surface area contributed by atoms with E-state index >= 15 is 0 Å². The predicted molar refractivity (Wildman–Crippen MR) is 89.7 cm³/mol. The van der Waals surface area contributed by atoms with E-state index < -0.39 is 0 Å². The molecule has 4 nitrogen and oxygen atoms in total. The molecule has 4 rings (SSSR count). The Bertz CT molecular complexity index is 599. The van der Waals surface area contributed by atoms with Gasteiger partial charge >= 0.3 is 0 Å². The summed E-state index contributed by atoms with van der Waals surface area (Å²) in [4.78, 5) is 0. The molecule has 22 heavy (non-hydrogen) atoms. The van der Waals surface area contributed by atoms with Crippen LogP contribution in [0.5, 0.6) is 5.88 Å². The van der Waals surface area contributed by atoms with E-state index in [-0.39, 0.29) is 6.10 Å². The highest BCUT2D eigenvalue weighted by molar-refractivity contribution is 7.99. The second-order valence-corrected chi connectivity index (χ2v) is 7.51. The lowest BCUT2D eigenvalue weighted by molar-refractivity contribution is 0.166. The largest absolute Gasteiger partial charge is 0.470 e. The summed E-state index contributed by atoms with van der Waals surface area (Å²) >= 11 is 3.00. The fraction of sp³-hybridized carbons (Fsp3) is 0.500. The van der Waals surface area contributed by atoms with Gasteiger partial charge in [0.05, 0.1) is 11.7 Å². The first kappa shape index (κ1) is 14.5. The van der Waals surface area contributed by atoms with Crippen LogP contribution < -0.4 is 10.1 Å². The van der Waals surface area contributed by atoms with E-state index in [4.69, 9.17) is 4.74 Å². The van der Waals surface area contributed by atoms with Gasteiger partial charge in [0.25, 0.3) is 5.88 Å². The van der Waals surface area contributed by atoms with Crippen LogP contribution in [0.3, 0.4) is 0 Å². The van der Waals surface area contributed by atoms with Crippen LogP contribution in [0.25, 0.3) is 0 Å². The molecule has 1 aromatic heterocycles. The van der Waals surface area contributed by atoms with Crippen LogP contribution >= 0.6 is 23.5 Å². The number of nitrogens with zero attached hydrogens (tertiary/aromatic N) is 2. The number of thioether (sulfide) groups is 1. The van der Waals surface area contributed by atoms with Gasteiger partial charge in [-0.3, -0.25) is 0 Å². The third kappa shape index (κ3) is 3.00. The third-order valence-electron chi connectivity index (χ3n) is 4.50. The number of piperidine rings is 1. The molecule has 1 aromatic carbocycles. The summed E-state index contributed by atoms with van der Waals surface area (Å²) < 4.78 is 15.0. The number of benzene rings is 1. The Morgan fingerprint density at radius 3 is 2.86 bits per heavy atom. The molecular weight excluding hydrogens is 314 g/mol. The fourth-order valence-electron chi connectivity index (χ4n) is 3.34. The summed E-state index contributed by atoms with van der Waals surface area (Å²) in [6.45, 7) is 1.09. The Hall–Kier alpha value is -1.11. The van der Waals surface area contributed by atoms with Gasteiger partial charge in [-0.1, -0.05) is 42.1 Å². The zero-order chi connectivity index (χ0) is 14.8. The van der Waals surface area contributed by atoms with Gasteiger partial charge in [-0.2, -0.15) is 4.37 Å². The highest BCUT2D eigenvalue weighted by Gasteiger charge is 2.43. The number of fused-ring (bicyclic) bond motifs is 2. The highest BCUT2D eigenvalue weighted by atomic mass is 32.2. The van der Waals surface area contributed by atoms with Crippen molar-refractivity contribution >= 4 is 23.5 Å². The first-order chi connectivity index (χ1) is 10.9. The van der Waals surface area contributed by atoms with Gasteiger partial charge < -0.3 is 10.1 Å². The van der Waals surface area contributed by atoms with E-state index in [2.05, 4.69) is 44.4 Å². The van der Waals surface area contributed by atoms with Gasteiger partial charge in [0.15, 0.2) is 5.03 Å². The second kappa shape index (κ2) is 6.56. The van der Waals surface area contributed by atoms with Crippen molar-refractivity contribution in [2.45, 2.75) is 36.4 Å². The average molecular weight is 333 g/mol. The Kier molecular flexibility index (Phi) is 4.32. The van der Waals surface area contributed by atoms with Crippen molar-refractivity contribution < 1.29 is 4.74 Å². The van der Waals surface area contributed by atoms with Gasteiger partial charge in [0, 0.05) is 24.3 Å². The molecule has 2 fully saturated rings. The molecule has 1 saturated carbocycles. The maximum absolute atomic E-state index is 6.19. The smallest absolute Gasteiger partial charge is 0.260 e. The van der Waals surface area contributed by atoms with Crippen LogP contribution in [-0.4, -0.2) is 33.2 Å². The molecule has 2 aromatic rings. The average Bonchev–Trinajstić information content (AvgIpc) is 3.26. The van der Waals surface area contributed by atoms with Crippen molar-refractivity contribution in [1.82, 2.24) is 14.1 Å². The first-order valence-electron chi connectivity index (χ1n) is 7.79. The van der Waals surface area contributed by atoms with Crippen molar-refractivity contribution in [2.75, 3.05) is 12.3 Å². The SMILES string of the molecule is c1ccc(CCSc2nsnc2OC2C3CC[C@H]2NC3)cc1. The minimum atomic E-state index is 0.289.